The topological polar surface area (TPSA) is 72.6 Å². The lowest BCUT2D eigenvalue weighted by Crippen LogP contribution is -2.40. The Morgan fingerprint density at radius 1 is 1.41 bits per heavy atom. The van der Waals surface area contributed by atoms with Crippen LogP contribution in [-0.2, 0) is 14.3 Å². The second kappa shape index (κ2) is 7.06. The van der Waals surface area contributed by atoms with E-state index >= 15 is 0 Å². The molecule has 0 aromatic rings. The van der Waals surface area contributed by atoms with Gasteiger partial charge in [-0.15, -0.1) is 0 Å². The second-order valence-corrected chi connectivity index (χ2v) is 4.18. The number of hydrogen-bond acceptors (Lipinski definition) is 4. The van der Waals surface area contributed by atoms with Gasteiger partial charge in [0, 0.05) is 19.2 Å². The van der Waals surface area contributed by atoms with Crippen molar-refractivity contribution in [1.82, 2.24) is 4.90 Å². The number of likely N-dealkylation sites (tertiary alicyclic amines) is 1. The summed E-state index contributed by atoms with van der Waals surface area (Å²) in [6, 6.07) is 0. The number of rotatable bonds is 5. The fourth-order valence-corrected chi connectivity index (χ4v) is 1.87. The molecule has 0 bridgehead atoms. The molecular formula is C12H20N2O3. The SMILES string of the molecule is C=CC(=O)OCCC(=O)N1CCC(CN)CC1. The summed E-state index contributed by atoms with van der Waals surface area (Å²) in [6.07, 6.45) is 3.27. The molecule has 0 aromatic carbocycles. The average molecular weight is 240 g/mol. The molecule has 17 heavy (non-hydrogen) atoms. The Hall–Kier alpha value is -1.36. The summed E-state index contributed by atoms with van der Waals surface area (Å²) in [5.41, 5.74) is 5.58. The molecule has 1 aliphatic heterocycles. The first-order chi connectivity index (χ1) is 8.17. The Morgan fingerprint density at radius 2 is 2.06 bits per heavy atom. The molecule has 0 unspecified atom stereocenters. The fourth-order valence-electron chi connectivity index (χ4n) is 1.87. The van der Waals surface area contributed by atoms with E-state index in [1.54, 1.807) is 0 Å². The molecule has 1 amide bonds. The van der Waals surface area contributed by atoms with E-state index in [1.165, 1.54) is 0 Å². The zero-order valence-electron chi connectivity index (χ0n) is 10.1. The maximum atomic E-state index is 11.7. The molecule has 0 aromatic heterocycles. The van der Waals surface area contributed by atoms with Crippen molar-refractivity contribution < 1.29 is 14.3 Å². The van der Waals surface area contributed by atoms with Crippen LogP contribution in [0.1, 0.15) is 19.3 Å². The van der Waals surface area contributed by atoms with Crippen molar-refractivity contribution in [2.75, 3.05) is 26.2 Å². The van der Waals surface area contributed by atoms with Crippen molar-refractivity contribution >= 4 is 11.9 Å². The predicted octanol–water partition coefficient (Wildman–Crippen LogP) is 0.303. The number of amides is 1. The average Bonchev–Trinajstić information content (AvgIpc) is 2.38. The molecule has 1 rings (SSSR count). The fraction of sp³-hybridized carbons (Fsp3) is 0.667. The summed E-state index contributed by atoms with van der Waals surface area (Å²) in [5, 5.41) is 0. The van der Waals surface area contributed by atoms with Crippen LogP contribution < -0.4 is 5.73 Å². The van der Waals surface area contributed by atoms with Crippen LogP contribution in [-0.4, -0.2) is 43.0 Å². The Balaban J connectivity index is 2.20. The van der Waals surface area contributed by atoms with Crippen molar-refractivity contribution in [3.8, 4) is 0 Å². The summed E-state index contributed by atoms with van der Waals surface area (Å²) in [4.78, 5) is 24.3. The van der Waals surface area contributed by atoms with Crippen LogP contribution in [0.25, 0.3) is 0 Å². The first kappa shape index (κ1) is 13.7. The zero-order valence-corrected chi connectivity index (χ0v) is 10.1. The van der Waals surface area contributed by atoms with Gasteiger partial charge in [-0.05, 0) is 25.3 Å². The molecule has 0 aliphatic carbocycles. The second-order valence-electron chi connectivity index (χ2n) is 4.18. The van der Waals surface area contributed by atoms with Crippen LogP contribution in [0.15, 0.2) is 12.7 Å². The molecule has 2 N–H and O–H groups in total. The van der Waals surface area contributed by atoms with Gasteiger partial charge in [-0.3, -0.25) is 4.79 Å². The Labute approximate surface area is 102 Å². The van der Waals surface area contributed by atoms with Gasteiger partial charge in [0.15, 0.2) is 0 Å². The number of piperidine rings is 1. The number of nitrogens with zero attached hydrogens (tertiary/aromatic N) is 1. The lowest BCUT2D eigenvalue weighted by Gasteiger charge is -2.31. The maximum Gasteiger partial charge on any atom is 0.330 e. The van der Waals surface area contributed by atoms with Crippen molar-refractivity contribution in [1.29, 1.82) is 0 Å². The van der Waals surface area contributed by atoms with Gasteiger partial charge in [0.2, 0.25) is 5.91 Å². The summed E-state index contributed by atoms with van der Waals surface area (Å²) >= 11 is 0. The first-order valence-electron chi connectivity index (χ1n) is 5.94. The third kappa shape index (κ3) is 4.56. The van der Waals surface area contributed by atoms with Crippen molar-refractivity contribution in [3.05, 3.63) is 12.7 Å². The van der Waals surface area contributed by atoms with Gasteiger partial charge < -0.3 is 15.4 Å². The van der Waals surface area contributed by atoms with Crippen molar-refractivity contribution in [3.63, 3.8) is 0 Å². The number of ether oxygens (including phenoxy) is 1. The quantitative estimate of drug-likeness (QED) is 0.554. The highest BCUT2D eigenvalue weighted by Gasteiger charge is 2.21. The summed E-state index contributed by atoms with van der Waals surface area (Å²) < 4.78 is 4.77. The van der Waals surface area contributed by atoms with Crippen LogP contribution in [0.3, 0.4) is 0 Å². The molecule has 0 spiro atoms. The van der Waals surface area contributed by atoms with E-state index in [2.05, 4.69) is 6.58 Å². The third-order valence-corrected chi connectivity index (χ3v) is 3.03. The normalized spacial score (nSPS) is 16.6. The number of carbonyl (C=O) groups excluding carboxylic acids is 2. The molecule has 0 atom stereocenters. The van der Waals surface area contributed by atoms with Gasteiger partial charge in [0.1, 0.15) is 6.61 Å². The van der Waals surface area contributed by atoms with E-state index in [1.807, 2.05) is 4.90 Å². The van der Waals surface area contributed by atoms with Crippen LogP contribution >= 0.6 is 0 Å². The molecule has 1 fully saturated rings. The Bertz CT molecular complexity index is 283. The largest absolute Gasteiger partial charge is 0.462 e. The van der Waals surface area contributed by atoms with Crippen molar-refractivity contribution in [2.45, 2.75) is 19.3 Å². The number of esters is 1. The van der Waals surface area contributed by atoms with Crippen LogP contribution in [0.4, 0.5) is 0 Å². The van der Waals surface area contributed by atoms with Crippen LogP contribution in [0, 0.1) is 5.92 Å². The van der Waals surface area contributed by atoms with Crippen LogP contribution in [0.5, 0.6) is 0 Å². The van der Waals surface area contributed by atoms with Gasteiger partial charge in [-0.1, -0.05) is 6.58 Å². The number of nitrogens with two attached hydrogens (primary N) is 1. The summed E-state index contributed by atoms with van der Waals surface area (Å²) in [5.74, 6) is 0.0922. The minimum absolute atomic E-state index is 0.0392. The van der Waals surface area contributed by atoms with Gasteiger partial charge in [0.05, 0.1) is 6.42 Å². The molecule has 96 valence electrons. The van der Waals surface area contributed by atoms with Gasteiger partial charge >= 0.3 is 5.97 Å². The van der Waals surface area contributed by atoms with E-state index in [0.29, 0.717) is 12.5 Å². The highest BCUT2D eigenvalue weighted by atomic mass is 16.5. The molecule has 0 radical (unpaired) electrons. The highest BCUT2D eigenvalue weighted by molar-refractivity contribution is 5.81. The molecule has 1 saturated heterocycles. The summed E-state index contributed by atoms with van der Waals surface area (Å²) in [6.45, 7) is 5.62. The minimum atomic E-state index is -0.486. The molecule has 1 aliphatic rings. The van der Waals surface area contributed by atoms with E-state index in [0.717, 1.165) is 32.0 Å². The Kier molecular flexibility index (Phi) is 5.69. The lowest BCUT2D eigenvalue weighted by atomic mass is 9.97. The van der Waals surface area contributed by atoms with E-state index in [9.17, 15) is 9.59 Å². The highest BCUT2D eigenvalue weighted by Crippen LogP contribution is 2.16. The van der Waals surface area contributed by atoms with E-state index in [-0.39, 0.29) is 18.9 Å². The molecule has 1 heterocycles. The smallest absolute Gasteiger partial charge is 0.330 e. The Morgan fingerprint density at radius 3 is 2.59 bits per heavy atom. The molecular weight excluding hydrogens is 220 g/mol. The van der Waals surface area contributed by atoms with Crippen LogP contribution in [0.2, 0.25) is 0 Å². The van der Waals surface area contributed by atoms with Gasteiger partial charge in [0.25, 0.3) is 0 Å². The third-order valence-electron chi connectivity index (χ3n) is 3.03. The zero-order chi connectivity index (χ0) is 12.7. The minimum Gasteiger partial charge on any atom is -0.462 e. The molecule has 0 saturated carbocycles. The monoisotopic (exact) mass is 240 g/mol. The van der Waals surface area contributed by atoms with Gasteiger partial charge in [-0.25, -0.2) is 4.79 Å². The number of carbonyl (C=O) groups is 2. The predicted molar refractivity (Wildman–Crippen MR) is 64.1 cm³/mol. The standard InChI is InChI=1S/C12H20N2O3/c1-2-12(16)17-8-5-11(15)14-6-3-10(9-13)4-7-14/h2,10H,1,3-9,13H2. The lowest BCUT2D eigenvalue weighted by molar-refractivity contribution is -0.140. The summed E-state index contributed by atoms with van der Waals surface area (Å²) in [7, 11) is 0. The number of hydrogen-bond donors (Lipinski definition) is 1. The van der Waals surface area contributed by atoms with Gasteiger partial charge in [-0.2, -0.15) is 0 Å². The first-order valence-corrected chi connectivity index (χ1v) is 5.94. The van der Waals surface area contributed by atoms with E-state index < -0.39 is 5.97 Å². The maximum absolute atomic E-state index is 11.7. The van der Waals surface area contributed by atoms with E-state index in [4.69, 9.17) is 10.5 Å². The molecule has 5 heteroatoms. The molecule has 5 nitrogen and oxygen atoms in total. The van der Waals surface area contributed by atoms with Crippen molar-refractivity contribution in [2.24, 2.45) is 11.7 Å².